The summed E-state index contributed by atoms with van der Waals surface area (Å²) in [5, 5.41) is 10.6. The van der Waals surface area contributed by atoms with Crippen LogP contribution in [0.2, 0.25) is 0 Å². The van der Waals surface area contributed by atoms with E-state index in [-0.39, 0.29) is 16.4 Å². The van der Waals surface area contributed by atoms with E-state index in [4.69, 9.17) is 0 Å². The second-order valence-electron chi connectivity index (χ2n) is 5.82. The molecule has 4 nitrogen and oxygen atoms in total. The summed E-state index contributed by atoms with van der Waals surface area (Å²) in [6, 6.07) is 15.1. The van der Waals surface area contributed by atoms with Crippen LogP contribution in [-0.4, -0.2) is 38.8 Å². The molecule has 0 N–H and O–H groups in total. The van der Waals surface area contributed by atoms with Crippen molar-refractivity contribution >= 4 is 13.5 Å². The van der Waals surface area contributed by atoms with Crippen molar-refractivity contribution in [1.82, 2.24) is 4.90 Å². The maximum Gasteiger partial charge on any atom is 0.269 e. The van der Waals surface area contributed by atoms with Crippen LogP contribution in [0.4, 0.5) is 5.69 Å². The quantitative estimate of drug-likeness (QED) is 0.497. The van der Waals surface area contributed by atoms with Crippen molar-refractivity contribution in [2.24, 2.45) is 0 Å². The second-order valence-corrected chi connectivity index (χ2v) is 5.82. The van der Waals surface area contributed by atoms with Gasteiger partial charge in [-0.3, -0.25) is 10.1 Å². The molecule has 0 aliphatic rings. The van der Waals surface area contributed by atoms with Gasteiger partial charge in [0.15, 0.2) is 0 Å². The SMILES string of the molecule is BC(c1ccc(C)cc1)c1ccc([N+](=O)[O-])cc1.CN(C)C. The Balaban J connectivity index is 0.000000541. The maximum absolute atomic E-state index is 10.6. The maximum atomic E-state index is 10.6. The van der Waals surface area contributed by atoms with E-state index in [9.17, 15) is 10.1 Å². The van der Waals surface area contributed by atoms with E-state index in [1.165, 1.54) is 11.1 Å². The Bertz CT molecular complexity index is 592. The van der Waals surface area contributed by atoms with Gasteiger partial charge < -0.3 is 4.90 Å². The van der Waals surface area contributed by atoms with Crippen LogP contribution < -0.4 is 0 Å². The lowest BCUT2D eigenvalue weighted by atomic mass is 9.76. The summed E-state index contributed by atoms with van der Waals surface area (Å²) >= 11 is 0. The number of nitro groups is 1. The Morgan fingerprint density at radius 1 is 0.955 bits per heavy atom. The number of nitro benzene ring substituents is 1. The molecule has 0 saturated carbocycles. The first-order valence-electron chi connectivity index (χ1n) is 7.23. The van der Waals surface area contributed by atoms with Crippen molar-refractivity contribution in [3.8, 4) is 0 Å². The average Bonchev–Trinajstić information content (AvgIpc) is 2.47. The van der Waals surface area contributed by atoms with Gasteiger partial charge in [-0.1, -0.05) is 42.0 Å². The Hall–Kier alpha value is -2.14. The van der Waals surface area contributed by atoms with E-state index >= 15 is 0 Å². The first kappa shape index (κ1) is 17.9. The van der Waals surface area contributed by atoms with Crippen LogP contribution in [0.3, 0.4) is 0 Å². The molecule has 5 heteroatoms. The Morgan fingerprint density at radius 2 is 1.32 bits per heavy atom. The van der Waals surface area contributed by atoms with Gasteiger partial charge in [-0.15, -0.1) is 0 Å². The minimum absolute atomic E-state index is 0.134. The Morgan fingerprint density at radius 3 is 1.68 bits per heavy atom. The number of benzene rings is 2. The predicted molar refractivity (Wildman–Crippen MR) is 94.3 cm³/mol. The van der Waals surface area contributed by atoms with Crippen LogP contribution in [-0.2, 0) is 0 Å². The van der Waals surface area contributed by atoms with Crippen LogP contribution in [0.1, 0.15) is 22.5 Å². The van der Waals surface area contributed by atoms with Gasteiger partial charge >= 0.3 is 0 Å². The zero-order valence-electron chi connectivity index (χ0n) is 13.9. The molecule has 2 aromatic rings. The molecule has 2 aromatic carbocycles. The number of hydrogen-bond donors (Lipinski definition) is 0. The molecule has 2 rings (SSSR count). The fourth-order valence-corrected chi connectivity index (χ4v) is 1.93. The van der Waals surface area contributed by atoms with E-state index in [1.807, 2.05) is 38.2 Å². The number of hydrogen-bond acceptors (Lipinski definition) is 3. The standard InChI is InChI=1S/C14H14BNO2.C3H9N/c1-10-2-4-11(5-3-10)14(15)12-6-8-13(9-7-12)16(17)18;1-4(2)3/h2-9,14H,15H2,1H3;1-3H3. The first-order valence-corrected chi connectivity index (χ1v) is 7.23. The highest BCUT2D eigenvalue weighted by atomic mass is 16.6. The summed E-state index contributed by atoms with van der Waals surface area (Å²) < 4.78 is 0. The fraction of sp³-hybridized carbons (Fsp3) is 0.294. The number of nitrogens with zero attached hydrogens (tertiary/aromatic N) is 2. The molecular weight excluding hydrogens is 275 g/mol. The van der Waals surface area contributed by atoms with Crippen LogP contribution >= 0.6 is 0 Å². The molecule has 0 spiro atoms. The third kappa shape index (κ3) is 5.70. The zero-order valence-corrected chi connectivity index (χ0v) is 13.9. The minimum Gasteiger partial charge on any atom is -0.312 e. The van der Waals surface area contributed by atoms with Crippen molar-refractivity contribution in [2.75, 3.05) is 21.1 Å². The molecule has 0 bridgehead atoms. The highest BCUT2D eigenvalue weighted by Crippen LogP contribution is 2.23. The molecule has 116 valence electrons. The van der Waals surface area contributed by atoms with Crippen molar-refractivity contribution < 1.29 is 4.92 Å². The highest BCUT2D eigenvalue weighted by molar-refractivity contribution is 6.14. The Kier molecular flexibility index (Phi) is 6.79. The summed E-state index contributed by atoms with van der Waals surface area (Å²) in [7, 11) is 8.10. The van der Waals surface area contributed by atoms with Crippen LogP contribution in [0, 0.1) is 17.0 Å². The minimum atomic E-state index is -0.375. The van der Waals surface area contributed by atoms with Crippen molar-refractivity contribution in [2.45, 2.75) is 12.7 Å². The van der Waals surface area contributed by atoms with Gasteiger partial charge in [0.1, 0.15) is 7.85 Å². The first-order chi connectivity index (χ1) is 10.3. The van der Waals surface area contributed by atoms with E-state index in [0.29, 0.717) is 0 Å². The molecule has 0 aromatic heterocycles. The van der Waals surface area contributed by atoms with Crippen LogP contribution in [0.25, 0.3) is 0 Å². The summed E-state index contributed by atoms with van der Waals surface area (Å²) in [4.78, 5) is 12.2. The third-order valence-corrected chi connectivity index (χ3v) is 3.18. The van der Waals surface area contributed by atoms with E-state index in [0.717, 1.165) is 5.56 Å². The van der Waals surface area contributed by atoms with Gasteiger partial charge in [-0.05, 0) is 45.0 Å². The number of non-ortho nitro benzene ring substituents is 1. The lowest BCUT2D eigenvalue weighted by Gasteiger charge is -2.12. The molecule has 0 amide bonds. The number of rotatable bonds is 3. The molecular formula is C17H23BN2O2. The average molecular weight is 298 g/mol. The largest absolute Gasteiger partial charge is 0.312 e. The van der Waals surface area contributed by atoms with E-state index in [1.54, 1.807) is 12.1 Å². The molecule has 0 radical (unpaired) electrons. The monoisotopic (exact) mass is 298 g/mol. The Labute approximate surface area is 133 Å². The van der Waals surface area contributed by atoms with E-state index < -0.39 is 0 Å². The summed E-state index contributed by atoms with van der Waals surface area (Å²) in [6.07, 6.45) is 0. The number of aryl methyl sites for hydroxylation is 1. The van der Waals surface area contributed by atoms with Gasteiger partial charge in [-0.2, -0.15) is 0 Å². The lowest BCUT2D eigenvalue weighted by molar-refractivity contribution is -0.384. The molecule has 0 aliphatic heterocycles. The third-order valence-electron chi connectivity index (χ3n) is 3.18. The molecule has 22 heavy (non-hydrogen) atoms. The summed E-state index contributed by atoms with van der Waals surface area (Å²) in [5.74, 6) is 0.242. The predicted octanol–water partition coefficient (Wildman–Crippen LogP) is 2.80. The van der Waals surface area contributed by atoms with Crippen LogP contribution in [0.5, 0.6) is 0 Å². The molecule has 1 unspecified atom stereocenters. The van der Waals surface area contributed by atoms with Crippen molar-refractivity contribution in [1.29, 1.82) is 0 Å². The molecule has 0 aliphatic carbocycles. The van der Waals surface area contributed by atoms with Gasteiger partial charge in [0, 0.05) is 12.1 Å². The summed E-state index contributed by atoms with van der Waals surface area (Å²) in [5.41, 5.74) is 3.67. The second kappa shape index (κ2) is 8.34. The molecule has 0 fully saturated rings. The molecule has 1 atom stereocenters. The van der Waals surface area contributed by atoms with Gasteiger partial charge in [0.05, 0.1) is 4.92 Å². The fourth-order valence-electron chi connectivity index (χ4n) is 1.93. The van der Waals surface area contributed by atoms with Crippen molar-refractivity contribution in [3.05, 3.63) is 75.3 Å². The molecule has 0 heterocycles. The van der Waals surface area contributed by atoms with Gasteiger partial charge in [-0.25, -0.2) is 0 Å². The zero-order chi connectivity index (χ0) is 16.7. The van der Waals surface area contributed by atoms with E-state index in [2.05, 4.69) is 39.0 Å². The topological polar surface area (TPSA) is 46.4 Å². The van der Waals surface area contributed by atoms with Crippen LogP contribution in [0.15, 0.2) is 48.5 Å². The molecule has 0 saturated heterocycles. The van der Waals surface area contributed by atoms with Gasteiger partial charge in [0.25, 0.3) is 5.69 Å². The highest BCUT2D eigenvalue weighted by Gasteiger charge is 2.10. The summed E-state index contributed by atoms with van der Waals surface area (Å²) in [6.45, 7) is 2.06. The van der Waals surface area contributed by atoms with Gasteiger partial charge in [0.2, 0.25) is 0 Å². The smallest absolute Gasteiger partial charge is 0.269 e. The lowest BCUT2D eigenvalue weighted by Crippen LogP contribution is -2.00. The normalized spacial score (nSPS) is 11.5. The van der Waals surface area contributed by atoms with Crippen molar-refractivity contribution in [3.63, 3.8) is 0 Å².